The minimum Gasteiger partial charge on any atom is -0.483 e. The summed E-state index contributed by atoms with van der Waals surface area (Å²) >= 11 is 0. The Morgan fingerprint density at radius 1 is 1.03 bits per heavy atom. The topological polar surface area (TPSA) is 58.6 Å². The molecule has 0 aliphatic rings. The SMILES string of the molecule is CCC(C(=O)NCC(C)C)N(Cc1cccc(C)c1)C(=O)COc1cc(C)ccc1C. The van der Waals surface area contributed by atoms with Crippen molar-refractivity contribution >= 4 is 11.8 Å². The highest BCUT2D eigenvalue weighted by molar-refractivity contribution is 5.88. The fraction of sp³-hybridized carbons (Fsp3) is 0.462. The molecule has 0 fully saturated rings. The van der Waals surface area contributed by atoms with Crippen molar-refractivity contribution in [1.29, 1.82) is 0 Å². The van der Waals surface area contributed by atoms with Crippen LogP contribution in [0.1, 0.15) is 49.4 Å². The van der Waals surface area contributed by atoms with Crippen LogP contribution in [0.15, 0.2) is 42.5 Å². The second-order valence-electron chi connectivity index (χ2n) is 8.63. The lowest BCUT2D eigenvalue weighted by atomic mass is 10.1. The third kappa shape index (κ3) is 7.42. The molecule has 0 radical (unpaired) electrons. The number of rotatable bonds is 10. The highest BCUT2D eigenvalue weighted by Gasteiger charge is 2.29. The Balaban J connectivity index is 2.23. The number of nitrogens with one attached hydrogen (secondary N) is 1. The summed E-state index contributed by atoms with van der Waals surface area (Å²) in [5.74, 6) is 0.717. The van der Waals surface area contributed by atoms with Gasteiger partial charge in [-0.15, -0.1) is 0 Å². The molecule has 2 amide bonds. The molecule has 1 atom stereocenters. The van der Waals surface area contributed by atoms with Gasteiger partial charge >= 0.3 is 0 Å². The fourth-order valence-electron chi connectivity index (χ4n) is 3.43. The van der Waals surface area contributed by atoms with Gasteiger partial charge in [-0.25, -0.2) is 0 Å². The van der Waals surface area contributed by atoms with Crippen molar-refractivity contribution in [2.75, 3.05) is 13.2 Å². The predicted octanol–water partition coefficient (Wildman–Crippen LogP) is 4.57. The van der Waals surface area contributed by atoms with Crippen molar-refractivity contribution < 1.29 is 14.3 Å². The van der Waals surface area contributed by atoms with Crippen molar-refractivity contribution in [1.82, 2.24) is 10.2 Å². The summed E-state index contributed by atoms with van der Waals surface area (Å²) in [6.45, 7) is 12.8. The van der Waals surface area contributed by atoms with Crippen LogP contribution < -0.4 is 10.1 Å². The standard InChI is InChI=1S/C26H36N2O3/c1-7-23(26(30)27-15-18(2)3)28(16-22-10-8-9-19(4)13-22)25(29)17-31-24-14-20(5)11-12-21(24)6/h8-14,18,23H,7,15-17H2,1-6H3,(H,27,30). The van der Waals surface area contributed by atoms with E-state index in [4.69, 9.17) is 4.74 Å². The van der Waals surface area contributed by atoms with Crippen molar-refractivity contribution in [2.45, 2.75) is 60.5 Å². The Hall–Kier alpha value is -2.82. The molecule has 2 rings (SSSR count). The van der Waals surface area contributed by atoms with E-state index in [9.17, 15) is 9.59 Å². The van der Waals surface area contributed by atoms with Crippen molar-refractivity contribution in [3.8, 4) is 5.75 Å². The lowest BCUT2D eigenvalue weighted by molar-refractivity contribution is -0.143. The van der Waals surface area contributed by atoms with E-state index in [0.717, 1.165) is 22.3 Å². The van der Waals surface area contributed by atoms with Gasteiger partial charge in [0.05, 0.1) is 0 Å². The van der Waals surface area contributed by atoms with Gasteiger partial charge in [0, 0.05) is 13.1 Å². The van der Waals surface area contributed by atoms with Gasteiger partial charge in [-0.1, -0.05) is 62.7 Å². The van der Waals surface area contributed by atoms with Gasteiger partial charge < -0.3 is 15.0 Å². The Kier molecular flexibility index (Phi) is 9.10. The van der Waals surface area contributed by atoms with Gasteiger partial charge in [0.2, 0.25) is 5.91 Å². The molecule has 5 heteroatoms. The number of benzene rings is 2. The summed E-state index contributed by atoms with van der Waals surface area (Å²) in [4.78, 5) is 27.8. The van der Waals surface area contributed by atoms with E-state index >= 15 is 0 Å². The molecular weight excluding hydrogens is 388 g/mol. The van der Waals surface area contributed by atoms with E-state index in [1.165, 1.54) is 0 Å². The summed E-state index contributed by atoms with van der Waals surface area (Å²) < 4.78 is 5.87. The second-order valence-corrected chi connectivity index (χ2v) is 8.63. The smallest absolute Gasteiger partial charge is 0.261 e. The first kappa shape index (κ1) is 24.4. The van der Waals surface area contributed by atoms with Crippen LogP contribution in [0.25, 0.3) is 0 Å². The van der Waals surface area contributed by atoms with Crippen molar-refractivity contribution in [3.05, 3.63) is 64.7 Å². The van der Waals surface area contributed by atoms with Crippen LogP contribution in [0.2, 0.25) is 0 Å². The molecule has 2 aromatic rings. The maximum absolute atomic E-state index is 13.3. The minimum absolute atomic E-state index is 0.107. The summed E-state index contributed by atoms with van der Waals surface area (Å²) in [6.07, 6.45) is 0.533. The number of aryl methyl sites for hydroxylation is 3. The van der Waals surface area contributed by atoms with E-state index in [1.54, 1.807) is 4.90 Å². The molecule has 0 saturated carbocycles. The molecule has 5 nitrogen and oxygen atoms in total. The van der Waals surface area contributed by atoms with Crippen LogP contribution in [-0.4, -0.2) is 35.9 Å². The molecule has 1 N–H and O–H groups in total. The number of ether oxygens (including phenoxy) is 1. The van der Waals surface area contributed by atoms with Crippen LogP contribution in [0.4, 0.5) is 0 Å². The summed E-state index contributed by atoms with van der Waals surface area (Å²) in [5.41, 5.74) is 4.17. The van der Waals surface area contributed by atoms with Gasteiger partial charge in [-0.2, -0.15) is 0 Å². The summed E-state index contributed by atoms with van der Waals surface area (Å²) in [5, 5.41) is 2.98. The zero-order chi connectivity index (χ0) is 23.0. The number of hydrogen-bond acceptors (Lipinski definition) is 3. The molecule has 168 valence electrons. The maximum Gasteiger partial charge on any atom is 0.261 e. The molecule has 1 unspecified atom stereocenters. The number of hydrogen-bond donors (Lipinski definition) is 1. The monoisotopic (exact) mass is 424 g/mol. The molecular formula is C26H36N2O3. The van der Waals surface area contributed by atoms with Crippen LogP contribution >= 0.6 is 0 Å². The quantitative estimate of drug-likeness (QED) is 0.608. The normalized spacial score (nSPS) is 11.8. The second kappa shape index (κ2) is 11.5. The number of amides is 2. The first-order chi connectivity index (χ1) is 14.7. The van der Waals surface area contributed by atoms with Gasteiger partial charge in [0.25, 0.3) is 5.91 Å². The lowest BCUT2D eigenvalue weighted by Gasteiger charge is -2.31. The fourth-order valence-corrected chi connectivity index (χ4v) is 3.43. The van der Waals surface area contributed by atoms with Crippen LogP contribution in [0.5, 0.6) is 5.75 Å². The maximum atomic E-state index is 13.3. The first-order valence-corrected chi connectivity index (χ1v) is 11.0. The molecule has 0 spiro atoms. The van der Waals surface area contributed by atoms with Gasteiger partial charge in [0.1, 0.15) is 11.8 Å². The molecule has 0 aliphatic carbocycles. The third-order valence-electron chi connectivity index (χ3n) is 5.20. The molecule has 0 saturated heterocycles. The van der Waals surface area contributed by atoms with E-state index < -0.39 is 6.04 Å². The molecule has 0 aromatic heterocycles. The van der Waals surface area contributed by atoms with Gasteiger partial charge in [-0.05, 0) is 55.9 Å². The Bertz CT molecular complexity index is 892. The highest BCUT2D eigenvalue weighted by Crippen LogP contribution is 2.20. The van der Waals surface area contributed by atoms with Crippen LogP contribution in [-0.2, 0) is 16.1 Å². The van der Waals surface area contributed by atoms with Crippen LogP contribution in [0.3, 0.4) is 0 Å². The molecule has 0 bridgehead atoms. The summed E-state index contributed by atoms with van der Waals surface area (Å²) in [7, 11) is 0. The number of carbonyl (C=O) groups is 2. The molecule has 2 aromatic carbocycles. The van der Waals surface area contributed by atoms with Crippen LogP contribution in [0, 0.1) is 26.7 Å². The number of carbonyl (C=O) groups excluding carboxylic acids is 2. The van der Waals surface area contributed by atoms with Gasteiger partial charge in [0.15, 0.2) is 6.61 Å². The zero-order valence-corrected chi connectivity index (χ0v) is 19.7. The minimum atomic E-state index is -0.547. The number of nitrogens with zero attached hydrogens (tertiary/aromatic N) is 1. The van der Waals surface area contributed by atoms with Crippen molar-refractivity contribution in [2.24, 2.45) is 5.92 Å². The van der Waals surface area contributed by atoms with Crippen molar-refractivity contribution in [3.63, 3.8) is 0 Å². The Labute approximate surface area is 186 Å². The molecule has 0 heterocycles. The molecule has 31 heavy (non-hydrogen) atoms. The van der Waals surface area contributed by atoms with E-state index in [0.29, 0.717) is 31.2 Å². The first-order valence-electron chi connectivity index (χ1n) is 11.0. The van der Waals surface area contributed by atoms with E-state index in [-0.39, 0.29) is 18.4 Å². The van der Waals surface area contributed by atoms with Gasteiger partial charge in [-0.3, -0.25) is 9.59 Å². The average Bonchev–Trinajstić information content (AvgIpc) is 2.72. The average molecular weight is 425 g/mol. The van der Waals surface area contributed by atoms with E-state index in [2.05, 4.69) is 19.2 Å². The molecule has 0 aliphatic heterocycles. The highest BCUT2D eigenvalue weighted by atomic mass is 16.5. The Morgan fingerprint density at radius 3 is 2.39 bits per heavy atom. The van der Waals surface area contributed by atoms with E-state index in [1.807, 2.05) is 70.2 Å². The largest absolute Gasteiger partial charge is 0.483 e. The lowest BCUT2D eigenvalue weighted by Crippen LogP contribution is -2.50. The third-order valence-corrected chi connectivity index (χ3v) is 5.20. The summed E-state index contributed by atoms with van der Waals surface area (Å²) in [6, 6.07) is 13.4. The predicted molar refractivity (Wildman–Crippen MR) is 125 cm³/mol. The Morgan fingerprint density at radius 2 is 1.74 bits per heavy atom. The zero-order valence-electron chi connectivity index (χ0n) is 19.7.